The maximum atomic E-state index is 8.93. The first-order chi connectivity index (χ1) is 10.3. The third-order valence-corrected chi connectivity index (χ3v) is 1.73. The molecule has 12 heteroatoms. The van der Waals surface area contributed by atoms with Crippen molar-refractivity contribution in [2.75, 3.05) is 0 Å². The number of carbonyl (C=O) groups excluding carboxylic acids is 2. The van der Waals surface area contributed by atoms with Crippen LogP contribution >= 0.6 is 0 Å². The second kappa shape index (κ2) is 9.95. The zero-order valence-electron chi connectivity index (χ0n) is 12.1. The van der Waals surface area contributed by atoms with Gasteiger partial charge in [0.05, 0.1) is 11.9 Å². The number of carboxylic acids is 2. The normalized spacial score (nSPS) is 9.09. The lowest BCUT2D eigenvalue weighted by Crippen LogP contribution is -2.47. The molecule has 0 bridgehead atoms. The van der Waals surface area contributed by atoms with Gasteiger partial charge in [-0.25, -0.2) is 0 Å². The molecule has 0 saturated heterocycles. The Balaban J connectivity index is 0.000000306. The fraction of sp³-hybridized carbons (Fsp3) is 0.400. The number of quaternary nitrogens is 2. The topological polar surface area (TPSA) is 213 Å². The average molecular weight is 316 g/mol. The van der Waals surface area contributed by atoms with Crippen LogP contribution < -0.4 is 21.7 Å². The lowest BCUT2D eigenvalue weighted by Gasteiger charge is -1.97. The van der Waals surface area contributed by atoms with Crippen LogP contribution in [0.5, 0.6) is 0 Å². The van der Waals surface area contributed by atoms with E-state index in [0.717, 1.165) is 0 Å². The van der Waals surface area contributed by atoms with E-state index in [1.54, 1.807) is 13.8 Å². The molecule has 22 heavy (non-hydrogen) atoms. The maximum Gasteiger partial charge on any atom is 0.271 e. The van der Waals surface area contributed by atoms with Gasteiger partial charge in [0.2, 0.25) is 11.8 Å². The zero-order valence-corrected chi connectivity index (χ0v) is 12.1. The Kier molecular flexibility index (Phi) is 8.66. The lowest BCUT2D eigenvalue weighted by atomic mass is 10.7. The Morgan fingerprint density at radius 2 is 1.18 bits per heavy atom. The minimum Gasteiger partial charge on any atom is -0.543 e. The summed E-state index contributed by atoms with van der Waals surface area (Å²) in [5.74, 6) is -1.97. The number of hydrogen-bond acceptors (Lipinski definition) is 10. The van der Waals surface area contributed by atoms with Crippen LogP contribution in [0.25, 0.3) is 0 Å². The predicted octanol–water partition coefficient (Wildman–Crippen LogP) is -5.27. The highest BCUT2D eigenvalue weighted by molar-refractivity contribution is 6.25. The quantitative estimate of drug-likeness (QED) is 0.501. The Labute approximate surface area is 124 Å². The fourth-order valence-corrected chi connectivity index (χ4v) is 0.877. The van der Waals surface area contributed by atoms with Gasteiger partial charge >= 0.3 is 0 Å². The summed E-state index contributed by atoms with van der Waals surface area (Å²) in [5, 5.41) is 32.4. The Morgan fingerprint density at radius 1 is 0.864 bits per heavy atom. The molecule has 0 spiro atoms. The molecule has 6 N–H and O–H groups in total. The van der Waals surface area contributed by atoms with Gasteiger partial charge in [0.25, 0.3) is 11.8 Å². The van der Waals surface area contributed by atoms with Crippen molar-refractivity contribution in [1.29, 1.82) is 0 Å². The van der Waals surface area contributed by atoms with Crippen LogP contribution in [-0.4, -0.2) is 32.3 Å². The summed E-state index contributed by atoms with van der Waals surface area (Å²) < 4.78 is 9.90. The van der Waals surface area contributed by atoms with Gasteiger partial charge in [0, 0.05) is 13.8 Å². The molecular weight excluding hydrogens is 300 g/mol. The van der Waals surface area contributed by atoms with Crippen LogP contribution in [0.3, 0.4) is 0 Å². The number of carboxylic acid groups (broad SMARTS) is 2. The summed E-state index contributed by atoms with van der Waals surface area (Å²) in [6, 6.07) is 0. The van der Waals surface area contributed by atoms with Crippen LogP contribution in [0.2, 0.25) is 0 Å². The fourth-order valence-electron chi connectivity index (χ4n) is 0.877. The second-order valence-corrected chi connectivity index (χ2v) is 3.50. The van der Waals surface area contributed by atoms with Crippen LogP contribution in [0.15, 0.2) is 8.83 Å². The minimum atomic E-state index is -2.19. The monoisotopic (exact) mass is 316 g/mol. The van der Waals surface area contributed by atoms with Gasteiger partial charge in [-0.2, -0.15) is 0 Å². The van der Waals surface area contributed by atoms with Crippen LogP contribution in [0.4, 0.5) is 0 Å². The van der Waals surface area contributed by atoms with E-state index >= 15 is 0 Å². The van der Waals surface area contributed by atoms with Gasteiger partial charge in [-0.15, -0.1) is 20.4 Å². The molecule has 0 radical (unpaired) electrons. The Hall–Kier alpha value is -2.86. The number of aromatic nitrogens is 4. The third-order valence-electron chi connectivity index (χ3n) is 1.73. The van der Waals surface area contributed by atoms with E-state index in [-0.39, 0.29) is 0 Å². The van der Waals surface area contributed by atoms with Gasteiger partial charge in [-0.1, -0.05) is 0 Å². The van der Waals surface area contributed by atoms with Gasteiger partial charge in [0.1, 0.15) is 0 Å². The van der Waals surface area contributed by atoms with Gasteiger partial charge in [-0.05, 0) is 0 Å². The first-order valence-corrected chi connectivity index (χ1v) is 5.88. The smallest absolute Gasteiger partial charge is 0.271 e. The van der Waals surface area contributed by atoms with E-state index in [0.29, 0.717) is 36.7 Å². The van der Waals surface area contributed by atoms with E-state index < -0.39 is 11.9 Å². The molecule has 0 unspecified atom stereocenters. The van der Waals surface area contributed by atoms with Crippen LogP contribution in [-0.2, 0) is 22.7 Å². The third kappa shape index (κ3) is 8.34. The summed E-state index contributed by atoms with van der Waals surface area (Å²) in [4.78, 5) is 17.9. The van der Waals surface area contributed by atoms with Crippen molar-refractivity contribution >= 4 is 11.9 Å². The lowest BCUT2D eigenvalue weighted by molar-refractivity contribution is -0.391. The van der Waals surface area contributed by atoms with E-state index in [2.05, 4.69) is 31.9 Å². The molecule has 2 aromatic heterocycles. The molecule has 0 aliphatic rings. The molecule has 0 saturated carbocycles. The summed E-state index contributed by atoms with van der Waals surface area (Å²) in [6.45, 7) is 4.65. The first kappa shape index (κ1) is 19.1. The molecule has 0 aromatic carbocycles. The largest absolute Gasteiger partial charge is 0.543 e. The molecule has 12 nitrogen and oxygen atoms in total. The number of nitrogens with zero attached hydrogens (tertiary/aromatic N) is 4. The van der Waals surface area contributed by atoms with Crippen molar-refractivity contribution in [2.45, 2.75) is 26.9 Å². The standard InChI is InChI=1S/2C4H7N3O.C2H2O4/c2*1-3-6-7-4(2-5)8-3;3-1(4)2(5)6/h2*2,5H2,1H3;(H,3,4)(H,5,6). The van der Waals surface area contributed by atoms with Crippen molar-refractivity contribution in [1.82, 2.24) is 20.4 Å². The molecule has 0 amide bonds. The first-order valence-electron chi connectivity index (χ1n) is 5.88. The molecule has 2 aromatic rings. The summed E-state index contributed by atoms with van der Waals surface area (Å²) in [5.41, 5.74) is 7.15. The molecular formula is C10H16N6O6. The number of rotatable bonds is 2. The highest BCUT2D eigenvalue weighted by Gasteiger charge is 1.98. The highest BCUT2D eigenvalue weighted by atomic mass is 16.4. The van der Waals surface area contributed by atoms with E-state index in [1.807, 2.05) is 0 Å². The van der Waals surface area contributed by atoms with Crippen LogP contribution in [0.1, 0.15) is 23.6 Å². The summed E-state index contributed by atoms with van der Waals surface area (Å²) in [7, 11) is 0. The second-order valence-electron chi connectivity index (χ2n) is 3.50. The van der Waals surface area contributed by atoms with Gasteiger partial charge in [0.15, 0.2) is 13.1 Å². The maximum absolute atomic E-state index is 8.93. The van der Waals surface area contributed by atoms with Crippen LogP contribution in [0, 0.1) is 13.8 Å². The van der Waals surface area contributed by atoms with E-state index in [4.69, 9.17) is 28.6 Å². The van der Waals surface area contributed by atoms with Crippen molar-refractivity contribution in [3.05, 3.63) is 23.6 Å². The van der Waals surface area contributed by atoms with E-state index in [9.17, 15) is 0 Å². The van der Waals surface area contributed by atoms with Crippen molar-refractivity contribution in [3.63, 3.8) is 0 Å². The molecule has 0 aliphatic carbocycles. The zero-order chi connectivity index (χ0) is 17.1. The van der Waals surface area contributed by atoms with Gasteiger partial charge < -0.3 is 40.1 Å². The summed E-state index contributed by atoms with van der Waals surface area (Å²) >= 11 is 0. The molecule has 2 heterocycles. The molecule has 0 atom stereocenters. The molecule has 2 rings (SSSR count). The molecule has 122 valence electrons. The number of aryl methyl sites for hydroxylation is 2. The number of carbonyl (C=O) groups is 2. The Bertz CT molecular complexity index is 542. The highest BCUT2D eigenvalue weighted by Crippen LogP contribution is 1.93. The Morgan fingerprint density at radius 3 is 1.27 bits per heavy atom. The number of hydrogen-bond donors (Lipinski definition) is 2. The number of aliphatic carboxylic acids is 2. The van der Waals surface area contributed by atoms with Gasteiger partial charge in [-0.3, -0.25) is 0 Å². The molecule has 0 aliphatic heterocycles. The van der Waals surface area contributed by atoms with Crippen molar-refractivity contribution < 1.29 is 40.1 Å². The van der Waals surface area contributed by atoms with Crippen molar-refractivity contribution in [2.24, 2.45) is 0 Å². The molecule has 0 fully saturated rings. The predicted molar refractivity (Wildman–Crippen MR) is 61.3 cm³/mol. The average Bonchev–Trinajstić information content (AvgIpc) is 3.08. The summed E-state index contributed by atoms with van der Waals surface area (Å²) in [6.07, 6.45) is 0. The van der Waals surface area contributed by atoms with Crippen molar-refractivity contribution in [3.8, 4) is 0 Å². The SMILES string of the molecule is Cc1nnc(C[NH3+])o1.Cc1nnc(C[NH3+])o1.O=C([O-])C(=O)[O-]. The van der Waals surface area contributed by atoms with E-state index in [1.165, 1.54) is 0 Å². The minimum absolute atomic E-state index is 0.570.